The quantitative estimate of drug-likeness (QED) is 0.735. The molecule has 4 heteroatoms. The molecule has 1 atom stereocenters. The van der Waals surface area contributed by atoms with Crippen LogP contribution in [0.4, 0.5) is 0 Å². The summed E-state index contributed by atoms with van der Waals surface area (Å²) in [6.45, 7) is 8.07. The van der Waals surface area contributed by atoms with Gasteiger partial charge in [-0.05, 0) is 29.7 Å². The molecular formula is C19H20O4. The summed E-state index contributed by atoms with van der Waals surface area (Å²) in [4.78, 5) is 0. The van der Waals surface area contributed by atoms with Crippen LogP contribution in [-0.2, 0) is 11.0 Å². The van der Waals surface area contributed by atoms with Gasteiger partial charge in [0, 0.05) is 29.7 Å². The molecule has 0 radical (unpaired) electrons. The fourth-order valence-electron chi connectivity index (χ4n) is 3.39. The number of hydrogen-bond acceptors (Lipinski definition) is 4. The van der Waals surface area contributed by atoms with E-state index in [-0.39, 0.29) is 22.7 Å². The lowest BCUT2D eigenvalue weighted by Gasteiger charge is -2.45. The first-order valence-electron chi connectivity index (χ1n) is 7.46. The molecule has 1 aliphatic rings. The Morgan fingerprint density at radius 2 is 1.61 bits per heavy atom. The highest BCUT2D eigenvalue weighted by atomic mass is 16.5. The second-order valence-corrected chi connectivity index (χ2v) is 6.64. The van der Waals surface area contributed by atoms with Crippen molar-refractivity contribution in [3.8, 4) is 23.0 Å². The van der Waals surface area contributed by atoms with Crippen LogP contribution in [0.25, 0.3) is 0 Å². The van der Waals surface area contributed by atoms with E-state index in [1.807, 2.05) is 6.07 Å². The summed E-state index contributed by atoms with van der Waals surface area (Å²) >= 11 is 0. The lowest BCUT2D eigenvalue weighted by molar-refractivity contribution is 0.0582. The molecule has 0 aromatic heterocycles. The van der Waals surface area contributed by atoms with Gasteiger partial charge in [-0.3, -0.25) is 0 Å². The molecule has 0 fully saturated rings. The van der Waals surface area contributed by atoms with Crippen molar-refractivity contribution in [1.82, 2.24) is 0 Å². The Balaban J connectivity index is 2.20. The summed E-state index contributed by atoms with van der Waals surface area (Å²) in [5.41, 5.74) is 0.334. The van der Waals surface area contributed by atoms with Gasteiger partial charge in [-0.2, -0.15) is 0 Å². The highest BCUT2D eigenvalue weighted by Crippen LogP contribution is 2.51. The SMILES string of the molecule is C=CC1(c2ccc(O)cc2O)CC(C)(C)c2ccc(O)cc2O1. The Labute approximate surface area is 135 Å². The molecular weight excluding hydrogens is 292 g/mol. The van der Waals surface area contributed by atoms with E-state index in [4.69, 9.17) is 4.74 Å². The number of fused-ring (bicyclic) bond motifs is 1. The van der Waals surface area contributed by atoms with Crippen LogP contribution in [0.5, 0.6) is 23.0 Å². The van der Waals surface area contributed by atoms with Crippen LogP contribution in [0, 0.1) is 0 Å². The Morgan fingerprint density at radius 1 is 1.00 bits per heavy atom. The van der Waals surface area contributed by atoms with Gasteiger partial charge in [0.25, 0.3) is 0 Å². The molecule has 23 heavy (non-hydrogen) atoms. The van der Waals surface area contributed by atoms with E-state index in [2.05, 4.69) is 20.4 Å². The molecule has 1 heterocycles. The average Bonchev–Trinajstić information content (AvgIpc) is 2.45. The van der Waals surface area contributed by atoms with Crippen molar-refractivity contribution in [3.63, 3.8) is 0 Å². The first kappa shape index (κ1) is 15.3. The van der Waals surface area contributed by atoms with Crippen LogP contribution >= 0.6 is 0 Å². The van der Waals surface area contributed by atoms with E-state index in [1.54, 1.807) is 24.3 Å². The van der Waals surface area contributed by atoms with Crippen LogP contribution in [0.3, 0.4) is 0 Å². The van der Waals surface area contributed by atoms with Crippen LogP contribution in [-0.4, -0.2) is 15.3 Å². The molecule has 0 saturated heterocycles. The van der Waals surface area contributed by atoms with Gasteiger partial charge in [-0.1, -0.05) is 26.5 Å². The van der Waals surface area contributed by atoms with Crippen molar-refractivity contribution in [2.75, 3.05) is 0 Å². The van der Waals surface area contributed by atoms with Gasteiger partial charge < -0.3 is 20.1 Å². The second-order valence-electron chi connectivity index (χ2n) is 6.64. The van der Waals surface area contributed by atoms with E-state index >= 15 is 0 Å². The fraction of sp³-hybridized carbons (Fsp3) is 0.263. The maximum Gasteiger partial charge on any atom is 0.156 e. The van der Waals surface area contributed by atoms with E-state index in [9.17, 15) is 15.3 Å². The maximum atomic E-state index is 10.3. The van der Waals surface area contributed by atoms with E-state index in [1.165, 1.54) is 12.1 Å². The highest BCUT2D eigenvalue weighted by Gasteiger charge is 2.45. The predicted octanol–water partition coefficient (Wildman–Crippen LogP) is 3.95. The third-order valence-electron chi connectivity index (χ3n) is 4.46. The zero-order chi connectivity index (χ0) is 16.8. The summed E-state index contributed by atoms with van der Waals surface area (Å²) in [5.74, 6) is 0.617. The number of rotatable bonds is 2. The smallest absolute Gasteiger partial charge is 0.156 e. The Bertz CT molecular complexity index is 779. The molecule has 120 valence electrons. The van der Waals surface area contributed by atoms with Crippen LogP contribution in [0.15, 0.2) is 49.1 Å². The van der Waals surface area contributed by atoms with Gasteiger partial charge in [0.2, 0.25) is 0 Å². The highest BCUT2D eigenvalue weighted by molar-refractivity contribution is 5.51. The van der Waals surface area contributed by atoms with E-state index < -0.39 is 5.60 Å². The summed E-state index contributed by atoms with van der Waals surface area (Å²) in [6, 6.07) is 9.50. The monoisotopic (exact) mass is 312 g/mol. The number of ether oxygens (including phenoxy) is 1. The second kappa shape index (κ2) is 4.95. The first-order chi connectivity index (χ1) is 10.8. The fourth-order valence-corrected chi connectivity index (χ4v) is 3.39. The molecule has 0 aliphatic carbocycles. The number of benzene rings is 2. The Kier molecular flexibility index (Phi) is 3.29. The van der Waals surface area contributed by atoms with Crippen molar-refractivity contribution in [2.45, 2.75) is 31.3 Å². The molecule has 0 saturated carbocycles. The molecule has 0 bridgehead atoms. The number of aromatic hydroxyl groups is 3. The normalized spacial score (nSPS) is 22.0. The summed E-state index contributed by atoms with van der Waals surface area (Å²) in [6.07, 6.45) is 2.23. The standard InChI is InChI=1S/C19H20O4/c1-4-19(14-7-5-12(20)9-16(14)22)11-18(2,3)15-8-6-13(21)10-17(15)23-19/h4-10,20-22H,1,11H2,2-3H3. The minimum atomic E-state index is -0.942. The number of phenols is 3. The Hall–Kier alpha value is -2.62. The largest absolute Gasteiger partial charge is 0.508 e. The predicted molar refractivity (Wildman–Crippen MR) is 88.0 cm³/mol. The van der Waals surface area contributed by atoms with Crippen molar-refractivity contribution in [1.29, 1.82) is 0 Å². The van der Waals surface area contributed by atoms with Crippen LogP contribution < -0.4 is 4.74 Å². The molecule has 3 N–H and O–H groups in total. The lowest BCUT2D eigenvalue weighted by Crippen LogP contribution is -2.42. The van der Waals surface area contributed by atoms with Gasteiger partial charge in [-0.25, -0.2) is 0 Å². The van der Waals surface area contributed by atoms with Crippen molar-refractivity contribution in [3.05, 3.63) is 60.2 Å². The van der Waals surface area contributed by atoms with Crippen LogP contribution in [0.1, 0.15) is 31.4 Å². The molecule has 0 spiro atoms. The number of phenolic OH excluding ortho intramolecular Hbond substituents is 3. The molecule has 0 amide bonds. The van der Waals surface area contributed by atoms with Crippen LogP contribution in [0.2, 0.25) is 0 Å². The van der Waals surface area contributed by atoms with Gasteiger partial charge in [0.15, 0.2) is 5.60 Å². The minimum absolute atomic E-state index is 0.0152. The molecule has 1 aliphatic heterocycles. The van der Waals surface area contributed by atoms with Gasteiger partial charge in [0.05, 0.1) is 0 Å². The van der Waals surface area contributed by atoms with Crippen molar-refractivity contribution >= 4 is 0 Å². The maximum absolute atomic E-state index is 10.3. The average molecular weight is 312 g/mol. The zero-order valence-corrected chi connectivity index (χ0v) is 13.2. The zero-order valence-electron chi connectivity index (χ0n) is 13.2. The van der Waals surface area contributed by atoms with E-state index in [0.29, 0.717) is 17.7 Å². The summed E-state index contributed by atoms with van der Waals surface area (Å²) < 4.78 is 6.17. The summed E-state index contributed by atoms with van der Waals surface area (Å²) in [5, 5.41) is 29.6. The van der Waals surface area contributed by atoms with Gasteiger partial charge in [-0.15, -0.1) is 0 Å². The third kappa shape index (κ3) is 2.40. The molecule has 1 unspecified atom stereocenters. The topological polar surface area (TPSA) is 69.9 Å². The Morgan fingerprint density at radius 3 is 2.22 bits per heavy atom. The molecule has 2 aromatic carbocycles. The van der Waals surface area contributed by atoms with E-state index in [0.717, 1.165) is 5.56 Å². The van der Waals surface area contributed by atoms with Crippen molar-refractivity contribution < 1.29 is 20.1 Å². The molecule has 4 nitrogen and oxygen atoms in total. The first-order valence-corrected chi connectivity index (χ1v) is 7.46. The van der Waals surface area contributed by atoms with Gasteiger partial charge in [0.1, 0.15) is 23.0 Å². The minimum Gasteiger partial charge on any atom is -0.508 e. The van der Waals surface area contributed by atoms with Crippen molar-refractivity contribution in [2.24, 2.45) is 0 Å². The van der Waals surface area contributed by atoms with Gasteiger partial charge >= 0.3 is 0 Å². The third-order valence-corrected chi connectivity index (χ3v) is 4.46. The molecule has 2 aromatic rings. The molecule has 3 rings (SSSR count). The lowest BCUT2D eigenvalue weighted by atomic mass is 9.70. The number of hydrogen-bond donors (Lipinski definition) is 3. The summed E-state index contributed by atoms with van der Waals surface area (Å²) in [7, 11) is 0.